The molecule has 2 aromatic carbocycles. The Morgan fingerprint density at radius 1 is 0.969 bits per heavy atom. The van der Waals surface area contributed by atoms with Crippen molar-refractivity contribution in [1.82, 2.24) is 15.1 Å². The molecule has 2 aliphatic rings. The Hall–Kier alpha value is -3.62. The number of amides is 4. The van der Waals surface area contributed by atoms with Gasteiger partial charge >= 0.3 is 0 Å². The van der Waals surface area contributed by atoms with E-state index in [1.807, 2.05) is 0 Å². The molecular weight excluding hydrogens is 420 g/mol. The molecule has 2 heterocycles. The fourth-order valence-electron chi connectivity index (χ4n) is 4.02. The molecule has 2 aliphatic heterocycles. The maximum absolute atomic E-state index is 13.9. The molecule has 0 unspecified atom stereocenters. The van der Waals surface area contributed by atoms with Gasteiger partial charge in [-0.3, -0.25) is 24.1 Å². The Kier molecular flexibility index (Phi) is 5.98. The van der Waals surface area contributed by atoms with E-state index in [2.05, 4.69) is 5.32 Å². The number of likely N-dealkylation sites (tertiary alicyclic amines) is 1. The first-order valence-electron chi connectivity index (χ1n) is 10.3. The van der Waals surface area contributed by atoms with Crippen LogP contribution in [0.25, 0.3) is 0 Å². The normalized spacial score (nSPS) is 16.3. The number of imide groups is 1. The van der Waals surface area contributed by atoms with Gasteiger partial charge in [0.1, 0.15) is 11.6 Å². The van der Waals surface area contributed by atoms with Crippen molar-refractivity contribution < 1.29 is 28.0 Å². The van der Waals surface area contributed by atoms with E-state index in [0.717, 1.165) is 17.0 Å². The summed E-state index contributed by atoms with van der Waals surface area (Å²) in [5.41, 5.74) is 0.495. The predicted molar refractivity (Wildman–Crippen MR) is 110 cm³/mol. The zero-order valence-corrected chi connectivity index (χ0v) is 17.1. The molecule has 4 rings (SSSR count). The summed E-state index contributed by atoms with van der Waals surface area (Å²) >= 11 is 0. The first-order chi connectivity index (χ1) is 15.3. The molecule has 9 heteroatoms. The average Bonchev–Trinajstić information content (AvgIpc) is 3.02. The van der Waals surface area contributed by atoms with E-state index in [1.54, 1.807) is 24.3 Å². The van der Waals surface area contributed by atoms with Crippen molar-refractivity contribution in [2.45, 2.75) is 25.3 Å². The summed E-state index contributed by atoms with van der Waals surface area (Å²) in [6.07, 6.45) is 0.937. The fraction of sp³-hybridized carbons (Fsp3) is 0.304. The lowest BCUT2D eigenvalue weighted by Crippen LogP contribution is -2.47. The van der Waals surface area contributed by atoms with Crippen molar-refractivity contribution in [2.24, 2.45) is 0 Å². The standard InChI is InChI=1S/C23H21F2N3O4/c24-14-5-6-18(19(25)13-14)21(30)27-10-7-15(8-11-27)26-20(29)9-12-28-22(31)16-3-1-2-4-17(16)23(28)32/h1-6,13,15H,7-12H2,(H,26,29). The Balaban J connectivity index is 1.25. The van der Waals surface area contributed by atoms with Crippen LogP contribution in [-0.2, 0) is 4.79 Å². The maximum Gasteiger partial charge on any atom is 0.261 e. The van der Waals surface area contributed by atoms with Crippen molar-refractivity contribution in [2.75, 3.05) is 19.6 Å². The molecule has 0 aromatic heterocycles. The van der Waals surface area contributed by atoms with Crippen LogP contribution in [0.15, 0.2) is 42.5 Å². The zero-order valence-electron chi connectivity index (χ0n) is 17.1. The van der Waals surface area contributed by atoms with E-state index >= 15 is 0 Å². The van der Waals surface area contributed by atoms with Crippen LogP contribution < -0.4 is 5.32 Å². The lowest BCUT2D eigenvalue weighted by atomic mass is 10.0. The summed E-state index contributed by atoms with van der Waals surface area (Å²) in [4.78, 5) is 52.1. The summed E-state index contributed by atoms with van der Waals surface area (Å²) in [5, 5.41) is 2.86. The van der Waals surface area contributed by atoms with E-state index in [0.29, 0.717) is 43.1 Å². The fourth-order valence-corrected chi connectivity index (χ4v) is 4.02. The van der Waals surface area contributed by atoms with Crippen molar-refractivity contribution in [3.8, 4) is 0 Å². The molecule has 1 N–H and O–H groups in total. The van der Waals surface area contributed by atoms with Gasteiger partial charge in [-0.2, -0.15) is 0 Å². The molecule has 0 bridgehead atoms. The highest BCUT2D eigenvalue weighted by Crippen LogP contribution is 2.22. The number of nitrogens with one attached hydrogen (secondary N) is 1. The first kappa shape index (κ1) is 21.6. The number of carbonyl (C=O) groups excluding carboxylic acids is 4. The highest BCUT2D eigenvalue weighted by atomic mass is 19.1. The largest absolute Gasteiger partial charge is 0.353 e. The third-order valence-corrected chi connectivity index (χ3v) is 5.75. The molecule has 1 saturated heterocycles. The lowest BCUT2D eigenvalue weighted by Gasteiger charge is -2.32. The van der Waals surface area contributed by atoms with Crippen LogP contribution in [0.2, 0.25) is 0 Å². The first-order valence-corrected chi connectivity index (χ1v) is 10.3. The maximum atomic E-state index is 13.9. The quantitative estimate of drug-likeness (QED) is 0.722. The molecule has 0 radical (unpaired) electrons. The van der Waals surface area contributed by atoms with Crippen molar-refractivity contribution in [3.63, 3.8) is 0 Å². The van der Waals surface area contributed by atoms with Gasteiger partial charge in [0.05, 0.1) is 16.7 Å². The monoisotopic (exact) mass is 441 g/mol. The number of benzene rings is 2. The molecular formula is C23H21F2N3O4. The third-order valence-electron chi connectivity index (χ3n) is 5.75. The van der Waals surface area contributed by atoms with Gasteiger partial charge in [0, 0.05) is 38.2 Å². The van der Waals surface area contributed by atoms with Gasteiger partial charge in [0.25, 0.3) is 17.7 Å². The molecule has 0 aliphatic carbocycles. The topological polar surface area (TPSA) is 86.8 Å². The number of carbonyl (C=O) groups is 4. The van der Waals surface area contributed by atoms with Crippen LogP contribution in [0.4, 0.5) is 8.78 Å². The third kappa shape index (κ3) is 4.23. The number of nitrogens with zero attached hydrogens (tertiary/aromatic N) is 2. The molecule has 4 amide bonds. The van der Waals surface area contributed by atoms with Gasteiger partial charge in [0.15, 0.2) is 0 Å². The predicted octanol–water partition coefficient (Wildman–Crippen LogP) is 2.37. The minimum Gasteiger partial charge on any atom is -0.353 e. The van der Waals surface area contributed by atoms with E-state index in [4.69, 9.17) is 0 Å². The second-order valence-electron chi connectivity index (χ2n) is 7.82. The Morgan fingerprint density at radius 2 is 1.59 bits per heavy atom. The molecule has 0 atom stereocenters. The van der Waals surface area contributed by atoms with Gasteiger partial charge in [0.2, 0.25) is 5.91 Å². The molecule has 1 fully saturated rings. The van der Waals surface area contributed by atoms with Crippen molar-refractivity contribution in [3.05, 3.63) is 70.8 Å². The van der Waals surface area contributed by atoms with Crippen LogP contribution in [0.1, 0.15) is 50.3 Å². The van der Waals surface area contributed by atoms with Gasteiger partial charge in [-0.15, -0.1) is 0 Å². The number of piperidine rings is 1. The second kappa shape index (κ2) is 8.86. The Bertz CT molecular complexity index is 1060. The van der Waals surface area contributed by atoms with E-state index in [-0.39, 0.29) is 30.5 Å². The minimum atomic E-state index is -0.904. The molecule has 0 saturated carbocycles. The lowest BCUT2D eigenvalue weighted by molar-refractivity contribution is -0.122. The number of hydrogen-bond acceptors (Lipinski definition) is 4. The zero-order chi connectivity index (χ0) is 22.8. The van der Waals surface area contributed by atoms with Gasteiger partial charge in [-0.05, 0) is 37.1 Å². The second-order valence-corrected chi connectivity index (χ2v) is 7.82. The van der Waals surface area contributed by atoms with E-state index in [1.165, 1.54) is 4.90 Å². The molecule has 0 spiro atoms. The summed E-state index contributed by atoms with van der Waals surface area (Å²) < 4.78 is 26.9. The van der Waals surface area contributed by atoms with E-state index in [9.17, 15) is 28.0 Å². The van der Waals surface area contributed by atoms with Crippen LogP contribution in [0.3, 0.4) is 0 Å². The molecule has 7 nitrogen and oxygen atoms in total. The number of hydrogen-bond donors (Lipinski definition) is 1. The number of halogens is 2. The van der Waals surface area contributed by atoms with Crippen LogP contribution in [-0.4, -0.2) is 59.1 Å². The SMILES string of the molecule is O=C(CCN1C(=O)c2ccccc2C1=O)NC1CCN(C(=O)c2ccc(F)cc2F)CC1. The van der Waals surface area contributed by atoms with Gasteiger partial charge < -0.3 is 10.2 Å². The molecule has 32 heavy (non-hydrogen) atoms. The summed E-state index contributed by atoms with van der Waals surface area (Å²) in [6, 6.07) is 9.20. The number of rotatable bonds is 5. The summed E-state index contributed by atoms with van der Waals surface area (Å²) in [5.74, 6) is -3.27. The average molecular weight is 441 g/mol. The molecule has 2 aromatic rings. The Morgan fingerprint density at radius 3 is 2.19 bits per heavy atom. The smallest absolute Gasteiger partial charge is 0.261 e. The van der Waals surface area contributed by atoms with Crippen LogP contribution in [0.5, 0.6) is 0 Å². The van der Waals surface area contributed by atoms with E-state index < -0.39 is 29.4 Å². The van der Waals surface area contributed by atoms with Crippen molar-refractivity contribution in [1.29, 1.82) is 0 Å². The van der Waals surface area contributed by atoms with Crippen LogP contribution in [0, 0.1) is 11.6 Å². The highest BCUT2D eigenvalue weighted by molar-refractivity contribution is 6.21. The number of fused-ring (bicyclic) bond motifs is 1. The minimum absolute atomic E-state index is 0.0145. The van der Waals surface area contributed by atoms with Gasteiger partial charge in [-0.1, -0.05) is 12.1 Å². The summed E-state index contributed by atoms with van der Waals surface area (Å²) in [7, 11) is 0. The van der Waals surface area contributed by atoms with Gasteiger partial charge in [-0.25, -0.2) is 8.78 Å². The highest BCUT2D eigenvalue weighted by Gasteiger charge is 2.35. The summed E-state index contributed by atoms with van der Waals surface area (Å²) in [6.45, 7) is 0.622. The Labute approximate surface area is 183 Å². The van der Waals surface area contributed by atoms with Crippen LogP contribution >= 0.6 is 0 Å². The van der Waals surface area contributed by atoms with Crippen molar-refractivity contribution >= 4 is 23.6 Å². The molecule has 166 valence electrons.